The maximum absolute atomic E-state index is 13.5. The van der Waals surface area contributed by atoms with Crippen molar-refractivity contribution in [3.63, 3.8) is 0 Å². The monoisotopic (exact) mass is 491 g/mol. The van der Waals surface area contributed by atoms with Gasteiger partial charge in [-0.25, -0.2) is 13.1 Å². The van der Waals surface area contributed by atoms with Gasteiger partial charge < -0.3 is 4.90 Å². The van der Waals surface area contributed by atoms with Crippen LogP contribution >= 0.6 is 0 Å². The summed E-state index contributed by atoms with van der Waals surface area (Å²) >= 11 is 0. The molecule has 0 aliphatic rings. The molecule has 0 unspecified atom stereocenters. The lowest BCUT2D eigenvalue weighted by Crippen LogP contribution is -2.34. The van der Waals surface area contributed by atoms with Gasteiger partial charge in [0.25, 0.3) is 0 Å². The van der Waals surface area contributed by atoms with E-state index in [0.717, 1.165) is 28.8 Å². The summed E-state index contributed by atoms with van der Waals surface area (Å²) in [6.45, 7) is 1.87. The fourth-order valence-electron chi connectivity index (χ4n) is 3.49. The summed E-state index contributed by atoms with van der Waals surface area (Å²) in [7, 11) is -1.59. The van der Waals surface area contributed by atoms with Gasteiger partial charge in [0, 0.05) is 32.9 Å². The Hall–Kier alpha value is -3.24. The van der Waals surface area contributed by atoms with Gasteiger partial charge >= 0.3 is 6.18 Å². The molecule has 10 heteroatoms. The Kier molecular flexibility index (Phi) is 7.42. The lowest BCUT2D eigenvalue weighted by molar-refractivity contribution is -0.140. The second-order valence-electron chi connectivity index (χ2n) is 7.98. The van der Waals surface area contributed by atoms with Crippen LogP contribution in [-0.4, -0.2) is 38.3 Å². The van der Waals surface area contributed by atoms with Gasteiger partial charge in [0.1, 0.15) is 0 Å². The van der Waals surface area contributed by atoms with E-state index in [1.807, 2.05) is 13.0 Å². The van der Waals surface area contributed by atoms with Crippen LogP contribution in [0.2, 0.25) is 0 Å². The number of halogens is 3. The number of carbonyl (C=O) groups excluding carboxylic acids is 1. The Morgan fingerprint density at radius 2 is 1.79 bits per heavy atom. The predicted octanol–water partition coefficient (Wildman–Crippen LogP) is 4.57. The van der Waals surface area contributed by atoms with E-state index < -0.39 is 32.7 Å². The number of alkyl halides is 3. The van der Waals surface area contributed by atoms with Crippen molar-refractivity contribution in [2.45, 2.75) is 30.5 Å². The molecule has 0 saturated carbocycles. The maximum Gasteiger partial charge on any atom is 0.417 e. The molecular formula is C24H24F3N3O3S. The van der Waals surface area contributed by atoms with E-state index in [2.05, 4.69) is 9.71 Å². The molecule has 1 N–H and O–H groups in total. The third kappa shape index (κ3) is 5.81. The van der Waals surface area contributed by atoms with Gasteiger partial charge in [0.15, 0.2) is 0 Å². The first-order valence-electron chi connectivity index (χ1n) is 10.3. The Bertz CT molecular complexity index is 1290. The highest BCUT2D eigenvalue weighted by Crippen LogP contribution is 2.35. The fourth-order valence-corrected chi connectivity index (χ4v) is 4.94. The molecule has 0 radical (unpaired) electrons. The van der Waals surface area contributed by atoms with Crippen LogP contribution < -0.4 is 4.72 Å². The van der Waals surface area contributed by atoms with Gasteiger partial charge in [0.2, 0.25) is 15.9 Å². The van der Waals surface area contributed by atoms with Gasteiger partial charge in [-0.3, -0.25) is 9.78 Å². The van der Waals surface area contributed by atoms with Crippen molar-refractivity contribution < 1.29 is 26.4 Å². The van der Waals surface area contributed by atoms with E-state index in [9.17, 15) is 26.4 Å². The molecule has 0 saturated heterocycles. The summed E-state index contributed by atoms with van der Waals surface area (Å²) in [6, 6.07) is 11.5. The van der Waals surface area contributed by atoms with E-state index in [1.165, 1.54) is 25.1 Å². The minimum atomic E-state index is -4.86. The largest absolute Gasteiger partial charge is 0.417 e. The number of aryl methyl sites for hydroxylation is 1. The molecule has 1 aromatic heterocycles. The first-order valence-corrected chi connectivity index (χ1v) is 11.8. The lowest BCUT2D eigenvalue weighted by atomic mass is 9.97. The van der Waals surface area contributed by atoms with Crippen LogP contribution in [0.5, 0.6) is 0 Å². The van der Waals surface area contributed by atoms with Crippen LogP contribution in [0.15, 0.2) is 71.9 Å². The number of hydrogen-bond donors (Lipinski definition) is 1. The van der Waals surface area contributed by atoms with Gasteiger partial charge in [-0.1, -0.05) is 30.3 Å². The molecule has 1 atom stereocenters. The summed E-state index contributed by atoms with van der Waals surface area (Å²) in [6.07, 6.45) is -1.83. The van der Waals surface area contributed by atoms with Crippen molar-refractivity contribution in [1.82, 2.24) is 14.6 Å². The molecule has 1 heterocycles. The first kappa shape index (κ1) is 25.4. The summed E-state index contributed by atoms with van der Waals surface area (Å²) in [5, 5.41) is 0. The number of hydrogen-bond acceptors (Lipinski definition) is 4. The van der Waals surface area contributed by atoms with Crippen LogP contribution in [0.4, 0.5) is 13.2 Å². The van der Waals surface area contributed by atoms with Crippen LogP contribution in [0.3, 0.4) is 0 Å². The third-order valence-electron chi connectivity index (χ3n) is 5.28. The zero-order valence-corrected chi connectivity index (χ0v) is 19.6. The van der Waals surface area contributed by atoms with Gasteiger partial charge in [0.05, 0.1) is 16.5 Å². The molecule has 34 heavy (non-hydrogen) atoms. The average molecular weight is 492 g/mol. The van der Waals surface area contributed by atoms with Crippen molar-refractivity contribution in [1.29, 1.82) is 0 Å². The standard InChI is InChI=1S/C24H24F3N3O3S/c1-16-15-28-12-11-19(16)17-7-6-8-18(13-17)21(14-23(31)30(2)3)29-34(32,33)22-10-5-4-9-20(22)24(25,26)27/h4-13,15,21,29H,14H2,1-3H3/t21-/m0/s1. The minimum Gasteiger partial charge on any atom is -0.349 e. The van der Waals surface area contributed by atoms with Crippen LogP contribution in [0.25, 0.3) is 11.1 Å². The SMILES string of the molecule is Cc1cnccc1-c1cccc([C@H](CC(=O)N(C)C)NS(=O)(=O)c2ccccc2C(F)(F)F)c1. The molecule has 1 amide bonds. The van der Waals surface area contributed by atoms with Crippen molar-refractivity contribution in [2.75, 3.05) is 14.1 Å². The second kappa shape index (κ2) is 9.94. The molecule has 0 bridgehead atoms. The zero-order valence-electron chi connectivity index (χ0n) is 18.8. The normalized spacial score (nSPS) is 12.9. The number of benzene rings is 2. The number of aromatic nitrogens is 1. The van der Waals surface area contributed by atoms with E-state index in [4.69, 9.17) is 0 Å². The number of sulfonamides is 1. The topological polar surface area (TPSA) is 79.4 Å². The van der Waals surface area contributed by atoms with E-state index in [1.54, 1.807) is 36.7 Å². The number of carbonyl (C=O) groups is 1. The molecule has 3 aromatic rings. The molecule has 2 aromatic carbocycles. The van der Waals surface area contributed by atoms with Gasteiger partial charge in [-0.15, -0.1) is 0 Å². The van der Waals surface area contributed by atoms with Crippen molar-refractivity contribution in [2.24, 2.45) is 0 Å². The predicted molar refractivity (Wildman–Crippen MR) is 122 cm³/mol. The van der Waals surface area contributed by atoms with Crippen molar-refractivity contribution in [3.8, 4) is 11.1 Å². The maximum atomic E-state index is 13.5. The smallest absolute Gasteiger partial charge is 0.349 e. The summed E-state index contributed by atoms with van der Waals surface area (Å²) in [5.41, 5.74) is 1.67. The number of rotatable bonds is 7. The highest BCUT2D eigenvalue weighted by Gasteiger charge is 2.37. The zero-order chi connectivity index (χ0) is 25.1. The Balaban J connectivity index is 2.06. The first-order chi connectivity index (χ1) is 15.9. The molecule has 0 aliphatic carbocycles. The third-order valence-corrected chi connectivity index (χ3v) is 6.81. The molecule has 0 fully saturated rings. The van der Waals surface area contributed by atoms with Gasteiger partial charge in [-0.2, -0.15) is 13.2 Å². The highest BCUT2D eigenvalue weighted by molar-refractivity contribution is 7.89. The van der Waals surface area contributed by atoms with Crippen LogP contribution in [0.1, 0.15) is 29.2 Å². The summed E-state index contributed by atoms with van der Waals surface area (Å²) < 4.78 is 69.0. The number of amides is 1. The minimum absolute atomic E-state index is 0.279. The van der Waals surface area contributed by atoms with E-state index >= 15 is 0 Å². The fraction of sp³-hybridized carbons (Fsp3) is 0.250. The van der Waals surface area contributed by atoms with Crippen molar-refractivity contribution in [3.05, 3.63) is 83.7 Å². The Morgan fingerprint density at radius 3 is 2.44 bits per heavy atom. The van der Waals surface area contributed by atoms with Crippen molar-refractivity contribution >= 4 is 15.9 Å². The number of nitrogens with one attached hydrogen (secondary N) is 1. The molecule has 0 aliphatic heterocycles. The van der Waals surface area contributed by atoms with Crippen LogP contribution in [-0.2, 0) is 21.0 Å². The van der Waals surface area contributed by atoms with Crippen LogP contribution in [0, 0.1) is 6.92 Å². The summed E-state index contributed by atoms with van der Waals surface area (Å²) in [5.74, 6) is -0.387. The Morgan fingerprint density at radius 1 is 1.09 bits per heavy atom. The molecule has 180 valence electrons. The number of nitrogens with zero attached hydrogens (tertiary/aromatic N) is 2. The van der Waals surface area contributed by atoms with Gasteiger partial charge in [-0.05, 0) is 53.4 Å². The Labute approximate surface area is 196 Å². The quantitative estimate of drug-likeness (QED) is 0.525. The average Bonchev–Trinajstić information content (AvgIpc) is 2.78. The highest BCUT2D eigenvalue weighted by atomic mass is 32.2. The second-order valence-corrected chi connectivity index (χ2v) is 9.66. The number of pyridine rings is 1. The lowest BCUT2D eigenvalue weighted by Gasteiger charge is -2.22. The molecular weight excluding hydrogens is 467 g/mol. The molecule has 0 spiro atoms. The molecule has 6 nitrogen and oxygen atoms in total. The summed E-state index contributed by atoms with van der Waals surface area (Å²) in [4.78, 5) is 16.9. The molecule has 3 rings (SSSR count). The van der Waals surface area contributed by atoms with E-state index in [-0.39, 0.29) is 12.3 Å². The van der Waals surface area contributed by atoms with E-state index in [0.29, 0.717) is 11.6 Å².